The average Bonchev–Trinajstić information content (AvgIpc) is 3.01. The summed E-state index contributed by atoms with van der Waals surface area (Å²) in [6.45, 7) is 4.22. The van der Waals surface area contributed by atoms with E-state index in [2.05, 4.69) is 24.0 Å². The van der Waals surface area contributed by atoms with Gasteiger partial charge in [0.2, 0.25) is 5.89 Å². The van der Waals surface area contributed by atoms with E-state index in [4.69, 9.17) is 4.52 Å². The van der Waals surface area contributed by atoms with Crippen LogP contribution in [0.2, 0.25) is 0 Å². The smallest absolute Gasteiger partial charge is 0.229 e. The Kier molecular flexibility index (Phi) is 3.61. The first kappa shape index (κ1) is 13.1. The molecule has 4 unspecified atom stereocenters. The molecule has 0 radical (unpaired) electrons. The SMILES string of the molecule is CC(C)CC(O)Cc1nc(C2CC3CCC2C3)no1. The van der Waals surface area contributed by atoms with Crippen LogP contribution in [0, 0.1) is 17.8 Å². The third-order valence-electron chi connectivity index (χ3n) is 4.71. The number of fused-ring (bicyclic) bond motifs is 2. The summed E-state index contributed by atoms with van der Waals surface area (Å²) in [6.07, 6.45) is 6.21. The summed E-state index contributed by atoms with van der Waals surface area (Å²) < 4.78 is 5.32. The van der Waals surface area contributed by atoms with Crippen LogP contribution >= 0.6 is 0 Å². The third kappa shape index (κ3) is 2.83. The molecule has 2 fully saturated rings. The second-order valence-electron chi connectivity index (χ2n) is 6.82. The molecule has 0 amide bonds. The molecule has 0 aromatic carbocycles. The molecule has 2 saturated carbocycles. The fourth-order valence-electron chi connectivity index (χ4n) is 3.89. The minimum atomic E-state index is -0.367. The van der Waals surface area contributed by atoms with Gasteiger partial charge >= 0.3 is 0 Å². The first-order valence-corrected chi connectivity index (χ1v) is 7.62. The number of aliphatic hydroxyl groups excluding tert-OH is 1. The molecule has 2 bridgehead atoms. The summed E-state index contributed by atoms with van der Waals surface area (Å²) in [5.41, 5.74) is 0. The largest absolute Gasteiger partial charge is 0.393 e. The lowest BCUT2D eigenvalue weighted by Gasteiger charge is -2.17. The van der Waals surface area contributed by atoms with E-state index in [1.54, 1.807) is 0 Å². The zero-order valence-corrected chi connectivity index (χ0v) is 11.9. The summed E-state index contributed by atoms with van der Waals surface area (Å²) >= 11 is 0. The molecule has 106 valence electrons. The Labute approximate surface area is 114 Å². The van der Waals surface area contributed by atoms with E-state index in [1.165, 1.54) is 25.7 Å². The minimum Gasteiger partial charge on any atom is -0.393 e. The minimum absolute atomic E-state index is 0.367. The van der Waals surface area contributed by atoms with Crippen molar-refractivity contribution in [2.45, 2.75) is 64.4 Å². The van der Waals surface area contributed by atoms with E-state index in [0.717, 1.165) is 24.1 Å². The molecule has 0 saturated heterocycles. The van der Waals surface area contributed by atoms with Crippen molar-refractivity contribution in [2.75, 3.05) is 0 Å². The maximum atomic E-state index is 9.93. The van der Waals surface area contributed by atoms with Gasteiger partial charge in [-0.05, 0) is 43.4 Å². The van der Waals surface area contributed by atoms with Gasteiger partial charge in [0.15, 0.2) is 5.82 Å². The highest BCUT2D eigenvalue weighted by Crippen LogP contribution is 2.52. The highest BCUT2D eigenvalue weighted by atomic mass is 16.5. The fourth-order valence-corrected chi connectivity index (χ4v) is 3.89. The normalized spacial score (nSPS) is 31.3. The van der Waals surface area contributed by atoms with Crippen LogP contribution in [0.5, 0.6) is 0 Å². The highest BCUT2D eigenvalue weighted by Gasteiger charge is 2.42. The van der Waals surface area contributed by atoms with Gasteiger partial charge in [-0.3, -0.25) is 0 Å². The zero-order chi connectivity index (χ0) is 13.4. The van der Waals surface area contributed by atoms with Crippen LogP contribution in [0.25, 0.3) is 0 Å². The highest BCUT2D eigenvalue weighted by molar-refractivity contribution is 5.06. The Hall–Kier alpha value is -0.900. The van der Waals surface area contributed by atoms with E-state index in [-0.39, 0.29) is 6.10 Å². The zero-order valence-electron chi connectivity index (χ0n) is 11.9. The summed E-state index contributed by atoms with van der Waals surface area (Å²) in [6, 6.07) is 0. The Morgan fingerprint density at radius 2 is 2.16 bits per heavy atom. The molecule has 1 N–H and O–H groups in total. The van der Waals surface area contributed by atoms with Gasteiger partial charge in [0.05, 0.1) is 12.5 Å². The van der Waals surface area contributed by atoms with Crippen molar-refractivity contribution in [3.05, 3.63) is 11.7 Å². The van der Waals surface area contributed by atoms with Crippen molar-refractivity contribution in [2.24, 2.45) is 17.8 Å². The van der Waals surface area contributed by atoms with Crippen molar-refractivity contribution in [3.63, 3.8) is 0 Å². The molecular formula is C15H24N2O2. The lowest BCUT2D eigenvalue weighted by Crippen LogP contribution is -2.14. The standard InChI is InChI=1S/C15H24N2O2/c1-9(2)5-12(18)8-14-16-15(17-19-14)13-7-10-3-4-11(13)6-10/h9-13,18H,3-8H2,1-2H3. The van der Waals surface area contributed by atoms with Gasteiger partial charge in [0, 0.05) is 5.92 Å². The molecule has 4 heteroatoms. The van der Waals surface area contributed by atoms with Crippen molar-refractivity contribution < 1.29 is 9.63 Å². The number of rotatable bonds is 5. The summed E-state index contributed by atoms with van der Waals surface area (Å²) in [4.78, 5) is 4.52. The average molecular weight is 264 g/mol. The summed E-state index contributed by atoms with van der Waals surface area (Å²) in [7, 11) is 0. The van der Waals surface area contributed by atoms with Gasteiger partial charge < -0.3 is 9.63 Å². The van der Waals surface area contributed by atoms with Gasteiger partial charge in [-0.2, -0.15) is 4.98 Å². The Balaban J connectivity index is 1.60. The topological polar surface area (TPSA) is 59.2 Å². The second kappa shape index (κ2) is 5.23. The number of hydrogen-bond acceptors (Lipinski definition) is 4. The molecular weight excluding hydrogens is 240 g/mol. The third-order valence-corrected chi connectivity index (χ3v) is 4.71. The molecule has 2 aliphatic rings. The molecule has 4 atom stereocenters. The molecule has 3 rings (SSSR count). The molecule has 1 aromatic rings. The quantitative estimate of drug-likeness (QED) is 0.888. The Morgan fingerprint density at radius 1 is 1.32 bits per heavy atom. The van der Waals surface area contributed by atoms with Gasteiger partial charge in [0.1, 0.15) is 0 Å². The van der Waals surface area contributed by atoms with E-state index in [1.807, 2.05) is 0 Å². The van der Waals surface area contributed by atoms with Crippen molar-refractivity contribution in [1.82, 2.24) is 10.1 Å². The molecule has 0 spiro atoms. The number of aliphatic hydroxyl groups is 1. The second-order valence-corrected chi connectivity index (χ2v) is 6.82. The fraction of sp³-hybridized carbons (Fsp3) is 0.867. The summed E-state index contributed by atoms with van der Waals surface area (Å²) in [5.74, 6) is 4.16. The van der Waals surface area contributed by atoms with Crippen molar-refractivity contribution >= 4 is 0 Å². The first-order chi connectivity index (χ1) is 9.11. The lowest BCUT2D eigenvalue weighted by molar-refractivity contribution is 0.138. The predicted octanol–water partition coefficient (Wildman–Crippen LogP) is 2.92. The van der Waals surface area contributed by atoms with Gasteiger partial charge in [-0.25, -0.2) is 0 Å². The van der Waals surface area contributed by atoms with E-state index in [0.29, 0.717) is 24.1 Å². The van der Waals surface area contributed by atoms with Crippen molar-refractivity contribution in [3.8, 4) is 0 Å². The molecule has 19 heavy (non-hydrogen) atoms. The molecule has 1 aromatic heterocycles. The first-order valence-electron chi connectivity index (χ1n) is 7.62. The van der Waals surface area contributed by atoms with Gasteiger partial charge in [0.25, 0.3) is 0 Å². The summed E-state index contributed by atoms with van der Waals surface area (Å²) in [5, 5.41) is 14.1. The predicted molar refractivity (Wildman–Crippen MR) is 71.7 cm³/mol. The lowest BCUT2D eigenvalue weighted by atomic mass is 9.88. The van der Waals surface area contributed by atoms with Crippen LogP contribution in [0.1, 0.15) is 63.6 Å². The maximum absolute atomic E-state index is 9.93. The van der Waals surface area contributed by atoms with Crippen LogP contribution < -0.4 is 0 Å². The number of nitrogens with zero attached hydrogens (tertiary/aromatic N) is 2. The monoisotopic (exact) mass is 264 g/mol. The number of hydrogen-bond donors (Lipinski definition) is 1. The van der Waals surface area contributed by atoms with Gasteiger partial charge in [-0.15, -0.1) is 0 Å². The Morgan fingerprint density at radius 3 is 2.79 bits per heavy atom. The molecule has 1 heterocycles. The van der Waals surface area contributed by atoms with Crippen LogP contribution in [-0.4, -0.2) is 21.4 Å². The molecule has 0 aliphatic heterocycles. The van der Waals surface area contributed by atoms with E-state index < -0.39 is 0 Å². The van der Waals surface area contributed by atoms with Gasteiger partial charge in [-0.1, -0.05) is 25.4 Å². The van der Waals surface area contributed by atoms with Crippen LogP contribution in [0.3, 0.4) is 0 Å². The van der Waals surface area contributed by atoms with E-state index >= 15 is 0 Å². The maximum Gasteiger partial charge on any atom is 0.229 e. The molecule has 4 nitrogen and oxygen atoms in total. The van der Waals surface area contributed by atoms with E-state index in [9.17, 15) is 5.11 Å². The Bertz CT molecular complexity index is 430. The van der Waals surface area contributed by atoms with Crippen LogP contribution in [-0.2, 0) is 6.42 Å². The van der Waals surface area contributed by atoms with Crippen LogP contribution in [0.15, 0.2) is 4.52 Å². The number of aromatic nitrogens is 2. The van der Waals surface area contributed by atoms with Crippen LogP contribution in [0.4, 0.5) is 0 Å². The molecule has 2 aliphatic carbocycles. The van der Waals surface area contributed by atoms with Crippen molar-refractivity contribution in [1.29, 1.82) is 0 Å².